The number of benzene rings is 1. The molecule has 0 bridgehead atoms. The van der Waals surface area contributed by atoms with Crippen molar-refractivity contribution >= 4 is 23.4 Å². The normalized spacial score (nSPS) is 20.2. The molecule has 0 spiro atoms. The summed E-state index contributed by atoms with van der Waals surface area (Å²) in [6, 6.07) is 8.46. The van der Waals surface area contributed by atoms with Gasteiger partial charge in [-0.25, -0.2) is 0 Å². The van der Waals surface area contributed by atoms with Gasteiger partial charge < -0.3 is 5.73 Å². The summed E-state index contributed by atoms with van der Waals surface area (Å²) in [6.07, 6.45) is 7.89. The van der Waals surface area contributed by atoms with Crippen LogP contribution in [0.4, 0.5) is 0 Å². The first kappa shape index (κ1) is 15.2. The first-order valence-corrected chi connectivity index (χ1v) is 8.69. The van der Waals surface area contributed by atoms with Crippen molar-refractivity contribution in [3.8, 4) is 0 Å². The van der Waals surface area contributed by atoms with Gasteiger partial charge in [0, 0.05) is 21.6 Å². The van der Waals surface area contributed by atoms with Crippen LogP contribution in [0.3, 0.4) is 0 Å². The molecule has 1 aromatic carbocycles. The summed E-state index contributed by atoms with van der Waals surface area (Å²) in [5.41, 5.74) is 7.68. The van der Waals surface area contributed by atoms with Gasteiger partial charge in [-0.05, 0) is 37.0 Å². The first-order valence-electron chi connectivity index (χ1n) is 7.37. The predicted octanol–water partition coefficient (Wildman–Crippen LogP) is 5.18. The standard InChI is InChI=1S/C16H24ClNS/c1-2-15(18)16(12-8-10-13(17)11-9-12)19-14-6-4-3-5-7-14/h8-11,14-16H,2-7,18H2,1H3. The van der Waals surface area contributed by atoms with Crippen LogP contribution in [0.2, 0.25) is 5.02 Å². The summed E-state index contributed by atoms with van der Waals surface area (Å²) in [5.74, 6) is 0. The van der Waals surface area contributed by atoms with Crippen LogP contribution in [0, 0.1) is 0 Å². The lowest BCUT2D eigenvalue weighted by atomic mass is 10.0. The average molecular weight is 298 g/mol. The van der Waals surface area contributed by atoms with Crippen LogP contribution in [-0.4, -0.2) is 11.3 Å². The van der Waals surface area contributed by atoms with Crippen LogP contribution in [0.1, 0.15) is 56.3 Å². The van der Waals surface area contributed by atoms with E-state index in [1.54, 1.807) is 0 Å². The van der Waals surface area contributed by atoms with Gasteiger partial charge in [0.1, 0.15) is 0 Å². The molecule has 1 nitrogen and oxygen atoms in total. The monoisotopic (exact) mass is 297 g/mol. The van der Waals surface area contributed by atoms with Crippen LogP contribution < -0.4 is 5.73 Å². The molecule has 0 radical (unpaired) electrons. The molecule has 1 saturated carbocycles. The van der Waals surface area contributed by atoms with Gasteiger partial charge in [-0.1, -0.05) is 49.9 Å². The molecule has 19 heavy (non-hydrogen) atoms. The van der Waals surface area contributed by atoms with Gasteiger partial charge in [-0.15, -0.1) is 11.8 Å². The Kier molecular flexibility index (Phi) is 6.06. The quantitative estimate of drug-likeness (QED) is 0.810. The summed E-state index contributed by atoms with van der Waals surface area (Å²) < 4.78 is 0. The second kappa shape index (κ2) is 7.56. The molecule has 2 rings (SSSR count). The molecular formula is C16H24ClNS. The zero-order chi connectivity index (χ0) is 13.7. The topological polar surface area (TPSA) is 26.0 Å². The second-order valence-electron chi connectivity index (χ2n) is 5.44. The minimum atomic E-state index is 0.230. The molecule has 106 valence electrons. The van der Waals surface area contributed by atoms with Crippen molar-refractivity contribution in [1.29, 1.82) is 0 Å². The van der Waals surface area contributed by atoms with Gasteiger partial charge in [0.2, 0.25) is 0 Å². The zero-order valence-corrected chi connectivity index (χ0v) is 13.2. The Morgan fingerprint density at radius 3 is 2.42 bits per heavy atom. The molecule has 0 heterocycles. The van der Waals surface area contributed by atoms with Crippen molar-refractivity contribution in [2.45, 2.75) is 62.0 Å². The number of thioether (sulfide) groups is 1. The maximum absolute atomic E-state index is 6.35. The van der Waals surface area contributed by atoms with Crippen LogP contribution in [0.25, 0.3) is 0 Å². The van der Waals surface area contributed by atoms with E-state index in [2.05, 4.69) is 30.8 Å². The Morgan fingerprint density at radius 1 is 1.21 bits per heavy atom. The summed E-state index contributed by atoms with van der Waals surface area (Å²) in [7, 11) is 0. The first-order chi connectivity index (χ1) is 9.20. The number of hydrogen-bond acceptors (Lipinski definition) is 2. The Labute approximate surface area is 126 Å². The minimum absolute atomic E-state index is 0.230. The third-order valence-electron chi connectivity index (χ3n) is 3.95. The number of nitrogens with two attached hydrogens (primary N) is 1. The highest BCUT2D eigenvalue weighted by Crippen LogP contribution is 2.40. The second-order valence-corrected chi connectivity index (χ2v) is 7.32. The van der Waals surface area contributed by atoms with E-state index in [0.717, 1.165) is 16.7 Å². The Bertz CT molecular complexity index is 373. The highest BCUT2D eigenvalue weighted by molar-refractivity contribution is 8.00. The average Bonchev–Trinajstić information content (AvgIpc) is 2.46. The molecule has 0 aromatic heterocycles. The molecule has 1 fully saturated rings. The van der Waals surface area contributed by atoms with E-state index in [9.17, 15) is 0 Å². The fourth-order valence-electron chi connectivity index (χ4n) is 2.70. The van der Waals surface area contributed by atoms with Gasteiger partial charge >= 0.3 is 0 Å². The molecule has 1 aromatic rings. The van der Waals surface area contributed by atoms with Crippen LogP contribution in [0.5, 0.6) is 0 Å². The molecular weight excluding hydrogens is 274 g/mol. The van der Waals surface area contributed by atoms with E-state index in [1.165, 1.54) is 37.7 Å². The van der Waals surface area contributed by atoms with Gasteiger partial charge in [-0.3, -0.25) is 0 Å². The smallest absolute Gasteiger partial charge is 0.0451 e. The van der Waals surface area contributed by atoms with Gasteiger partial charge in [0.05, 0.1) is 0 Å². The molecule has 1 aliphatic rings. The Hall–Kier alpha value is -0.180. The molecule has 3 heteroatoms. The minimum Gasteiger partial charge on any atom is -0.326 e. The molecule has 0 amide bonds. The summed E-state index contributed by atoms with van der Waals surface area (Å²) >= 11 is 8.07. The highest BCUT2D eigenvalue weighted by Gasteiger charge is 2.24. The number of halogens is 1. The Morgan fingerprint density at radius 2 is 1.84 bits per heavy atom. The predicted molar refractivity (Wildman–Crippen MR) is 86.9 cm³/mol. The van der Waals surface area contributed by atoms with Gasteiger partial charge in [-0.2, -0.15) is 0 Å². The summed E-state index contributed by atoms with van der Waals surface area (Å²) in [4.78, 5) is 0. The molecule has 2 N–H and O–H groups in total. The molecule has 0 saturated heterocycles. The van der Waals surface area contributed by atoms with E-state index in [4.69, 9.17) is 17.3 Å². The largest absolute Gasteiger partial charge is 0.326 e. The summed E-state index contributed by atoms with van der Waals surface area (Å²) in [6.45, 7) is 2.18. The van der Waals surface area contributed by atoms with Crippen molar-refractivity contribution in [1.82, 2.24) is 0 Å². The van der Waals surface area contributed by atoms with Gasteiger partial charge in [0.25, 0.3) is 0 Å². The van der Waals surface area contributed by atoms with Crippen molar-refractivity contribution in [3.05, 3.63) is 34.9 Å². The van der Waals surface area contributed by atoms with Crippen molar-refractivity contribution in [2.24, 2.45) is 5.73 Å². The Balaban J connectivity index is 2.08. The number of rotatable bonds is 5. The lowest BCUT2D eigenvalue weighted by molar-refractivity contribution is 0.512. The maximum atomic E-state index is 6.35. The van der Waals surface area contributed by atoms with Gasteiger partial charge in [0.15, 0.2) is 0 Å². The van der Waals surface area contributed by atoms with Crippen LogP contribution in [0.15, 0.2) is 24.3 Å². The van der Waals surface area contributed by atoms with E-state index < -0.39 is 0 Å². The molecule has 2 unspecified atom stereocenters. The lowest BCUT2D eigenvalue weighted by Gasteiger charge is -2.29. The fraction of sp³-hybridized carbons (Fsp3) is 0.625. The lowest BCUT2D eigenvalue weighted by Crippen LogP contribution is -2.27. The van der Waals surface area contributed by atoms with Crippen molar-refractivity contribution < 1.29 is 0 Å². The van der Waals surface area contributed by atoms with E-state index >= 15 is 0 Å². The van der Waals surface area contributed by atoms with E-state index in [0.29, 0.717) is 5.25 Å². The van der Waals surface area contributed by atoms with Crippen molar-refractivity contribution in [2.75, 3.05) is 0 Å². The maximum Gasteiger partial charge on any atom is 0.0451 e. The number of hydrogen-bond donors (Lipinski definition) is 1. The molecule has 2 atom stereocenters. The zero-order valence-electron chi connectivity index (χ0n) is 11.6. The third-order valence-corrected chi connectivity index (χ3v) is 5.97. The molecule has 1 aliphatic carbocycles. The van der Waals surface area contributed by atoms with E-state index in [1.807, 2.05) is 12.1 Å². The third kappa shape index (κ3) is 4.40. The summed E-state index contributed by atoms with van der Waals surface area (Å²) in [5, 5.41) is 1.99. The van der Waals surface area contributed by atoms with E-state index in [-0.39, 0.29) is 6.04 Å². The SMILES string of the molecule is CCC(N)C(SC1CCCCC1)c1ccc(Cl)cc1. The van der Waals surface area contributed by atoms with Crippen LogP contribution >= 0.6 is 23.4 Å². The highest BCUT2D eigenvalue weighted by atomic mass is 35.5. The van der Waals surface area contributed by atoms with Crippen molar-refractivity contribution in [3.63, 3.8) is 0 Å². The molecule has 0 aliphatic heterocycles. The fourth-order valence-corrected chi connectivity index (χ4v) is 4.56. The van der Waals surface area contributed by atoms with Crippen LogP contribution in [-0.2, 0) is 0 Å².